The Bertz CT molecular complexity index is 859. The summed E-state index contributed by atoms with van der Waals surface area (Å²) in [6.07, 6.45) is 2.58. The maximum absolute atomic E-state index is 11.3. The van der Waals surface area contributed by atoms with Crippen LogP contribution in [-0.4, -0.2) is 10.9 Å². The van der Waals surface area contributed by atoms with Crippen molar-refractivity contribution in [1.29, 1.82) is 5.26 Å². The molecule has 3 rings (SSSR count). The number of fused-ring (bicyclic) bond motifs is 1. The zero-order chi connectivity index (χ0) is 16.1. The third-order valence-electron chi connectivity index (χ3n) is 3.24. The number of carbonyl (C=O) groups excluding carboxylic acids is 1. The third-order valence-corrected chi connectivity index (χ3v) is 3.93. The Hall–Kier alpha value is -2.38. The molecule has 1 heterocycles. The Labute approximate surface area is 137 Å². The van der Waals surface area contributed by atoms with Crippen molar-refractivity contribution in [3.8, 4) is 11.8 Å². The summed E-state index contributed by atoms with van der Waals surface area (Å²) in [4.78, 5) is 11.3. The summed E-state index contributed by atoms with van der Waals surface area (Å²) >= 11 is 3.38. The normalized spacial score (nSPS) is 9.73. The van der Waals surface area contributed by atoms with Crippen molar-refractivity contribution in [3.05, 3.63) is 64.3 Å². The van der Waals surface area contributed by atoms with Crippen LogP contribution in [0.25, 0.3) is 16.6 Å². The predicted octanol–water partition coefficient (Wildman–Crippen LogP) is 5.10. The molecule has 0 saturated carbocycles. The van der Waals surface area contributed by atoms with Crippen molar-refractivity contribution in [2.45, 2.75) is 13.8 Å². The standard InChI is InChI=1S/C16H9BrN2O.C2H6/c17-14-5-3-7-16(13(14)10-20)19-9-11(8-18)12-4-1-2-6-15(12)19;1-2/h1-7,9-10H;1-2H3. The van der Waals surface area contributed by atoms with Crippen LogP contribution in [0.5, 0.6) is 0 Å². The minimum Gasteiger partial charge on any atom is -0.314 e. The summed E-state index contributed by atoms with van der Waals surface area (Å²) in [6, 6.07) is 15.4. The number of aldehydes is 1. The van der Waals surface area contributed by atoms with E-state index in [0.717, 1.165) is 27.3 Å². The van der Waals surface area contributed by atoms with Crippen molar-refractivity contribution < 1.29 is 4.79 Å². The number of benzene rings is 2. The second kappa shape index (κ2) is 7.06. The van der Waals surface area contributed by atoms with E-state index in [2.05, 4.69) is 22.0 Å². The zero-order valence-electron chi connectivity index (χ0n) is 12.4. The van der Waals surface area contributed by atoms with Crippen LogP contribution in [0.3, 0.4) is 0 Å². The first-order chi connectivity index (χ1) is 10.8. The van der Waals surface area contributed by atoms with Crippen LogP contribution < -0.4 is 0 Å². The molecule has 22 heavy (non-hydrogen) atoms. The minimum absolute atomic E-state index is 0.567. The molecule has 0 N–H and O–H groups in total. The van der Waals surface area contributed by atoms with E-state index in [4.69, 9.17) is 0 Å². The lowest BCUT2D eigenvalue weighted by atomic mass is 10.2. The minimum atomic E-state index is 0.567. The Morgan fingerprint density at radius 3 is 2.55 bits per heavy atom. The second-order valence-corrected chi connectivity index (χ2v) is 5.19. The number of hydrogen-bond donors (Lipinski definition) is 0. The van der Waals surface area contributed by atoms with Gasteiger partial charge in [0, 0.05) is 16.1 Å². The van der Waals surface area contributed by atoms with Crippen LogP contribution in [0.1, 0.15) is 29.8 Å². The number of nitriles is 1. The maximum atomic E-state index is 11.3. The molecule has 0 amide bonds. The van der Waals surface area contributed by atoms with Gasteiger partial charge >= 0.3 is 0 Å². The van der Waals surface area contributed by atoms with Crippen molar-refractivity contribution in [2.75, 3.05) is 0 Å². The number of nitrogens with zero attached hydrogens (tertiary/aromatic N) is 2. The Morgan fingerprint density at radius 1 is 1.14 bits per heavy atom. The van der Waals surface area contributed by atoms with Crippen molar-refractivity contribution in [3.63, 3.8) is 0 Å². The molecule has 3 nitrogen and oxygen atoms in total. The van der Waals surface area contributed by atoms with Crippen molar-refractivity contribution in [1.82, 2.24) is 4.57 Å². The fraction of sp³-hybridized carbons (Fsp3) is 0.111. The largest absolute Gasteiger partial charge is 0.314 e. The molecule has 3 aromatic rings. The topological polar surface area (TPSA) is 45.8 Å². The molecule has 0 radical (unpaired) electrons. The van der Waals surface area contributed by atoms with Gasteiger partial charge in [0.1, 0.15) is 6.07 Å². The van der Waals surface area contributed by atoms with E-state index in [1.54, 1.807) is 6.20 Å². The number of hydrogen-bond acceptors (Lipinski definition) is 2. The summed E-state index contributed by atoms with van der Waals surface area (Å²) in [5, 5.41) is 10.1. The Morgan fingerprint density at radius 2 is 1.86 bits per heavy atom. The van der Waals surface area contributed by atoms with Gasteiger partial charge in [-0.3, -0.25) is 4.79 Å². The second-order valence-electron chi connectivity index (χ2n) is 4.33. The van der Waals surface area contributed by atoms with Crippen LogP contribution in [0, 0.1) is 11.3 Å². The average molecular weight is 355 g/mol. The van der Waals surface area contributed by atoms with Gasteiger partial charge in [0.2, 0.25) is 0 Å². The first-order valence-corrected chi connectivity index (χ1v) is 7.80. The molecule has 0 aliphatic heterocycles. The Balaban J connectivity index is 0.000000847. The van der Waals surface area contributed by atoms with Crippen LogP contribution in [0.2, 0.25) is 0 Å². The van der Waals surface area contributed by atoms with E-state index >= 15 is 0 Å². The molecule has 0 bridgehead atoms. The van der Waals surface area contributed by atoms with E-state index in [1.807, 2.05) is 60.9 Å². The fourth-order valence-electron chi connectivity index (χ4n) is 2.32. The van der Waals surface area contributed by atoms with Gasteiger partial charge in [0.15, 0.2) is 6.29 Å². The van der Waals surface area contributed by atoms with Crippen LogP contribution in [0.4, 0.5) is 0 Å². The number of carbonyl (C=O) groups is 1. The molecular formula is C18H15BrN2O. The molecule has 0 saturated heterocycles. The van der Waals surface area contributed by atoms with Crippen LogP contribution >= 0.6 is 15.9 Å². The predicted molar refractivity (Wildman–Crippen MR) is 92.4 cm³/mol. The van der Waals surface area contributed by atoms with Crippen LogP contribution in [0.15, 0.2) is 53.1 Å². The molecule has 0 aliphatic rings. The molecule has 0 spiro atoms. The number of halogens is 1. The molecule has 0 aliphatic carbocycles. The van der Waals surface area contributed by atoms with E-state index in [1.165, 1.54) is 0 Å². The highest BCUT2D eigenvalue weighted by atomic mass is 79.9. The van der Waals surface area contributed by atoms with E-state index in [-0.39, 0.29) is 0 Å². The van der Waals surface area contributed by atoms with Crippen molar-refractivity contribution in [2.24, 2.45) is 0 Å². The Kier molecular flexibility index (Phi) is 5.13. The molecule has 2 aromatic carbocycles. The number of rotatable bonds is 2. The fourth-order valence-corrected chi connectivity index (χ4v) is 2.77. The van der Waals surface area contributed by atoms with Gasteiger partial charge in [-0.1, -0.05) is 38.1 Å². The highest BCUT2D eigenvalue weighted by molar-refractivity contribution is 9.10. The van der Waals surface area contributed by atoms with E-state index < -0.39 is 0 Å². The molecule has 1 aromatic heterocycles. The van der Waals surface area contributed by atoms with Gasteiger partial charge in [-0.25, -0.2) is 0 Å². The SMILES string of the molecule is CC.N#Cc1cn(-c2cccc(Br)c2C=O)c2ccccc12. The van der Waals surface area contributed by atoms with Gasteiger partial charge < -0.3 is 4.57 Å². The zero-order valence-corrected chi connectivity index (χ0v) is 14.0. The van der Waals surface area contributed by atoms with Gasteiger partial charge in [-0.2, -0.15) is 5.26 Å². The molecule has 0 unspecified atom stereocenters. The van der Waals surface area contributed by atoms with E-state index in [9.17, 15) is 10.1 Å². The highest BCUT2D eigenvalue weighted by Crippen LogP contribution is 2.28. The average Bonchev–Trinajstić information content (AvgIpc) is 2.95. The van der Waals surface area contributed by atoms with E-state index in [0.29, 0.717) is 11.1 Å². The summed E-state index contributed by atoms with van der Waals surface area (Å²) < 4.78 is 2.61. The monoisotopic (exact) mass is 354 g/mol. The molecule has 110 valence electrons. The van der Waals surface area contributed by atoms with Crippen LogP contribution in [-0.2, 0) is 0 Å². The highest BCUT2D eigenvalue weighted by Gasteiger charge is 2.13. The lowest BCUT2D eigenvalue weighted by Gasteiger charge is -2.09. The summed E-state index contributed by atoms with van der Waals surface area (Å²) in [7, 11) is 0. The quantitative estimate of drug-likeness (QED) is 0.600. The summed E-state index contributed by atoms with van der Waals surface area (Å²) in [5.74, 6) is 0. The smallest absolute Gasteiger partial charge is 0.153 e. The lowest BCUT2D eigenvalue weighted by molar-refractivity contribution is 0.112. The first kappa shape index (κ1) is 16.0. The molecule has 4 heteroatoms. The van der Waals surface area contributed by atoms with Gasteiger partial charge in [0.05, 0.1) is 22.3 Å². The molecule has 0 fully saturated rings. The maximum Gasteiger partial charge on any atom is 0.153 e. The summed E-state index contributed by atoms with van der Waals surface area (Å²) in [5.41, 5.74) is 2.83. The van der Waals surface area contributed by atoms with Gasteiger partial charge in [-0.15, -0.1) is 0 Å². The first-order valence-electron chi connectivity index (χ1n) is 7.00. The van der Waals surface area contributed by atoms with Gasteiger partial charge in [-0.05, 0) is 34.1 Å². The van der Waals surface area contributed by atoms with Crippen molar-refractivity contribution >= 4 is 33.1 Å². The number of para-hydroxylation sites is 1. The summed E-state index contributed by atoms with van der Waals surface area (Å²) in [6.45, 7) is 4.00. The lowest BCUT2D eigenvalue weighted by Crippen LogP contribution is -1.98. The molecular weight excluding hydrogens is 340 g/mol. The van der Waals surface area contributed by atoms with Gasteiger partial charge in [0.25, 0.3) is 0 Å². The number of aromatic nitrogens is 1. The third kappa shape index (κ3) is 2.68. The molecule has 0 atom stereocenters.